The van der Waals surface area contributed by atoms with E-state index in [2.05, 4.69) is 39.2 Å². The van der Waals surface area contributed by atoms with Gasteiger partial charge in [0.25, 0.3) is 0 Å². The Morgan fingerprint density at radius 1 is 1.26 bits per heavy atom. The number of hydrogen-bond acceptors (Lipinski definition) is 7. The van der Waals surface area contributed by atoms with Crippen LogP contribution < -0.4 is 19.7 Å². The first-order chi connectivity index (χ1) is 13.1. The Bertz CT molecular complexity index is 817. The number of piperazine rings is 1. The van der Waals surface area contributed by atoms with Gasteiger partial charge < -0.3 is 19.7 Å². The minimum atomic E-state index is -0.0318. The van der Waals surface area contributed by atoms with E-state index in [1.807, 2.05) is 11.4 Å². The van der Waals surface area contributed by atoms with Gasteiger partial charge in [-0.25, -0.2) is 4.98 Å². The lowest BCUT2D eigenvalue weighted by molar-refractivity contribution is -0.119. The molecule has 7 nitrogen and oxygen atoms in total. The van der Waals surface area contributed by atoms with Gasteiger partial charge in [0.15, 0.2) is 16.6 Å². The van der Waals surface area contributed by atoms with E-state index in [0.29, 0.717) is 19.4 Å². The van der Waals surface area contributed by atoms with Crippen LogP contribution in [-0.2, 0) is 11.3 Å². The van der Waals surface area contributed by atoms with Crippen LogP contribution in [0, 0.1) is 0 Å². The van der Waals surface area contributed by atoms with Crippen LogP contribution in [-0.4, -0.2) is 48.8 Å². The Hall–Kier alpha value is -2.32. The molecule has 0 aliphatic carbocycles. The summed E-state index contributed by atoms with van der Waals surface area (Å²) in [4.78, 5) is 20.5. The molecular weight excluding hydrogens is 364 g/mol. The maximum absolute atomic E-state index is 11.0. The minimum absolute atomic E-state index is 0.0318. The summed E-state index contributed by atoms with van der Waals surface area (Å²) < 4.78 is 10.9. The van der Waals surface area contributed by atoms with Crippen LogP contribution in [0.3, 0.4) is 0 Å². The molecule has 144 valence electrons. The number of fused-ring (bicyclic) bond motifs is 1. The monoisotopic (exact) mass is 388 g/mol. The third kappa shape index (κ3) is 4.01. The van der Waals surface area contributed by atoms with Crippen LogP contribution in [0.2, 0.25) is 0 Å². The summed E-state index contributed by atoms with van der Waals surface area (Å²) in [5, 5.41) is 5.85. The SMILES string of the molecule is CC(=O)NCc1csc(N2CCN(C(C)c3ccc4c(c3)OCO4)CC2)n1. The summed E-state index contributed by atoms with van der Waals surface area (Å²) in [6.07, 6.45) is 0. The Labute approximate surface area is 162 Å². The number of rotatable bonds is 5. The number of anilines is 1. The highest BCUT2D eigenvalue weighted by Gasteiger charge is 2.25. The van der Waals surface area contributed by atoms with E-state index < -0.39 is 0 Å². The van der Waals surface area contributed by atoms with Crippen molar-refractivity contribution < 1.29 is 14.3 Å². The molecule has 3 heterocycles. The van der Waals surface area contributed by atoms with Crippen molar-refractivity contribution in [3.8, 4) is 11.5 Å². The molecule has 27 heavy (non-hydrogen) atoms. The Morgan fingerprint density at radius 3 is 2.81 bits per heavy atom. The molecule has 1 amide bonds. The number of nitrogens with zero attached hydrogens (tertiary/aromatic N) is 3. The molecule has 2 aliphatic heterocycles. The van der Waals surface area contributed by atoms with Crippen molar-refractivity contribution in [2.75, 3.05) is 37.9 Å². The first-order valence-corrected chi connectivity index (χ1v) is 10.1. The predicted molar refractivity (Wildman–Crippen MR) is 104 cm³/mol. The molecule has 0 radical (unpaired) electrons. The Morgan fingerprint density at radius 2 is 2.04 bits per heavy atom. The van der Waals surface area contributed by atoms with Gasteiger partial charge >= 0.3 is 0 Å². The summed E-state index contributed by atoms with van der Waals surface area (Å²) in [5.41, 5.74) is 2.17. The second kappa shape index (κ2) is 7.74. The lowest BCUT2D eigenvalue weighted by atomic mass is 10.1. The first-order valence-electron chi connectivity index (χ1n) is 9.17. The van der Waals surface area contributed by atoms with Gasteiger partial charge in [0.1, 0.15) is 0 Å². The number of carbonyl (C=O) groups is 1. The van der Waals surface area contributed by atoms with Crippen LogP contribution in [0.1, 0.15) is 31.1 Å². The van der Waals surface area contributed by atoms with Crippen molar-refractivity contribution in [1.82, 2.24) is 15.2 Å². The van der Waals surface area contributed by atoms with Crippen molar-refractivity contribution in [1.29, 1.82) is 0 Å². The molecule has 2 aromatic rings. The molecule has 0 saturated carbocycles. The summed E-state index contributed by atoms with van der Waals surface area (Å²) in [5.74, 6) is 1.64. The normalized spacial score (nSPS) is 17.8. The number of thiazole rings is 1. The highest BCUT2D eigenvalue weighted by molar-refractivity contribution is 7.13. The van der Waals surface area contributed by atoms with Crippen LogP contribution in [0.5, 0.6) is 11.5 Å². The van der Waals surface area contributed by atoms with Crippen LogP contribution in [0.4, 0.5) is 5.13 Å². The molecule has 1 N–H and O–H groups in total. The topological polar surface area (TPSA) is 66.9 Å². The van der Waals surface area contributed by atoms with Gasteiger partial charge in [-0.1, -0.05) is 6.07 Å². The third-order valence-electron chi connectivity index (χ3n) is 5.07. The lowest BCUT2D eigenvalue weighted by Crippen LogP contribution is -2.47. The number of carbonyl (C=O) groups excluding carboxylic acids is 1. The number of nitrogens with one attached hydrogen (secondary N) is 1. The van der Waals surface area contributed by atoms with E-state index in [1.54, 1.807) is 11.3 Å². The summed E-state index contributed by atoms with van der Waals surface area (Å²) in [7, 11) is 0. The zero-order valence-corrected chi connectivity index (χ0v) is 16.4. The average Bonchev–Trinajstić information content (AvgIpc) is 3.34. The zero-order valence-electron chi connectivity index (χ0n) is 15.6. The molecule has 1 fully saturated rings. The molecule has 1 atom stereocenters. The first kappa shape index (κ1) is 18.1. The molecule has 2 aliphatic rings. The van der Waals surface area contributed by atoms with Gasteiger partial charge in [-0.05, 0) is 24.6 Å². The molecule has 1 unspecified atom stereocenters. The number of ether oxygens (including phenoxy) is 2. The fourth-order valence-electron chi connectivity index (χ4n) is 3.42. The van der Waals surface area contributed by atoms with Gasteiger partial charge in [-0.2, -0.15) is 0 Å². The quantitative estimate of drug-likeness (QED) is 0.848. The highest BCUT2D eigenvalue weighted by atomic mass is 32.1. The lowest BCUT2D eigenvalue weighted by Gasteiger charge is -2.38. The summed E-state index contributed by atoms with van der Waals surface area (Å²) >= 11 is 1.64. The zero-order chi connectivity index (χ0) is 18.8. The minimum Gasteiger partial charge on any atom is -0.454 e. The third-order valence-corrected chi connectivity index (χ3v) is 6.02. The highest BCUT2D eigenvalue weighted by Crippen LogP contribution is 2.35. The fraction of sp³-hybridized carbons (Fsp3) is 0.474. The van der Waals surface area contributed by atoms with Gasteiger partial charge in [0.2, 0.25) is 12.7 Å². The molecule has 8 heteroatoms. The molecule has 0 spiro atoms. The Kier molecular flexibility index (Phi) is 5.18. The molecule has 1 aromatic heterocycles. The van der Waals surface area contributed by atoms with Crippen LogP contribution in [0.25, 0.3) is 0 Å². The standard InChI is InChI=1S/C19H24N4O3S/c1-13(15-3-4-17-18(9-15)26-12-25-17)22-5-7-23(8-6-22)19-21-16(11-27-19)10-20-14(2)24/h3-4,9,11,13H,5-8,10,12H2,1-2H3,(H,20,24). The van der Waals surface area contributed by atoms with Gasteiger partial charge in [0.05, 0.1) is 12.2 Å². The summed E-state index contributed by atoms with van der Waals surface area (Å²) in [6, 6.07) is 6.54. The van der Waals surface area contributed by atoms with E-state index >= 15 is 0 Å². The van der Waals surface area contributed by atoms with Gasteiger partial charge in [0, 0.05) is 44.5 Å². The van der Waals surface area contributed by atoms with Gasteiger partial charge in [-0.3, -0.25) is 9.69 Å². The van der Waals surface area contributed by atoms with Crippen LogP contribution >= 0.6 is 11.3 Å². The molecule has 1 saturated heterocycles. The van der Waals surface area contributed by atoms with Crippen molar-refractivity contribution in [3.63, 3.8) is 0 Å². The smallest absolute Gasteiger partial charge is 0.231 e. The van der Waals surface area contributed by atoms with E-state index in [-0.39, 0.29) is 5.91 Å². The molecular formula is C19H24N4O3S. The largest absolute Gasteiger partial charge is 0.454 e. The van der Waals surface area contributed by atoms with Gasteiger partial charge in [-0.15, -0.1) is 11.3 Å². The van der Waals surface area contributed by atoms with E-state index in [9.17, 15) is 4.79 Å². The van der Waals surface area contributed by atoms with Crippen molar-refractivity contribution >= 4 is 22.4 Å². The fourth-order valence-corrected chi connectivity index (χ4v) is 4.30. The molecule has 1 aromatic carbocycles. The predicted octanol–water partition coefficient (Wildman–Crippen LogP) is 2.39. The Balaban J connectivity index is 1.34. The summed E-state index contributed by atoms with van der Waals surface area (Å²) in [6.45, 7) is 8.42. The van der Waals surface area contributed by atoms with Crippen LogP contribution in [0.15, 0.2) is 23.6 Å². The van der Waals surface area contributed by atoms with E-state index in [0.717, 1.165) is 48.5 Å². The van der Waals surface area contributed by atoms with E-state index in [1.165, 1.54) is 12.5 Å². The van der Waals surface area contributed by atoms with E-state index in [4.69, 9.17) is 9.47 Å². The second-order valence-corrected chi connectivity index (χ2v) is 7.68. The number of hydrogen-bond donors (Lipinski definition) is 1. The van der Waals surface area contributed by atoms with Crippen molar-refractivity contribution in [2.45, 2.75) is 26.4 Å². The average molecular weight is 388 g/mol. The van der Waals surface area contributed by atoms with Crippen molar-refractivity contribution in [3.05, 3.63) is 34.8 Å². The number of amides is 1. The molecule has 0 bridgehead atoms. The van der Waals surface area contributed by atoms with Crippen molar-refractivity contribution in [2.24, 2.45) is 0 Å². The maximum Gasteiger partial charge on any atom is 0.231 e. The molecule has 4 rings (SSSR count). The number of benzene rings is 1. The second-order valence-electron chi connectivity index (χ2n) is 6.84. The number of aromatic nitrogens is 1. The maximum atomic E-state index is 11.0.